The molecule has 0 spiro atoms. The smallest absolute Gasteiger partial charge is 0.427 e. The molecule has 0 radical (unpaired) electrons. The first-order valence-corrected chi connectivity index (χ1v) is 9.42. The maximum atomic E-state index is 12.7. The average Bonchev–Trinajstić information content (AvgIpc) is 3.19. The van der Waals surface area contributed by atoms with Crippen LogP contribution in [0.5, 0.6) is 0 Å². The van der Waals surface area contributed by atoms with Crippen LogP contribution in [-0.4, -0.2) is 35.7 Å². The highest BCUT2D eigenvalue weighted by Gasteiger charge is 2.48. The van der Waals surface area contributed by atoms with Crippen LogP contribution in [0.15, 0.2) is 48.5 Å². The zero-order valence-electron chi connectivity index (χ0n) is 15.8. The van der Waals surface area contributed by atoms with Gasteiger partial charge in [-0.25, -0.2) is 14.4 Å². The number of rotatable bonds is 4. The lowest BCUT2D eigenvalue weighted by molar-refractivity contribution is -0.137. The monoisotopic (exact) mass is 379 g/mol. The highest BCUT2D eigenvalue weighted by atomic mass is 16.6. The van der Waals surface area contributed by atoms with Crippen molar-refractivity contribution in [2.24, 2.45) is 5.92 Å². The van der Waals surface area contributed by atoms with Gasteiger partial charge in [-0.2, -0.15) is 4.90 Å². The Balaban J connectivity index is 1.55. The van der Waals surface area contributed by atoms with Crippen LogP contribution in [0.2, 0.25) is 0 Å². The molecule has 1 aliphatic heterocycles. The predicted octanol–water partition coefficient (Wildman–Crippen LogP) is 4.33. The van der Waals surface area contributed by atoms with Crippen molar-refractivity contribution in [1.82, 2.24) is 4.90 Å². The molecule has 2 amide bonds. The molecule has 0 N–H and O–H groups in total. The van der Waals surface area contributed by atoms with Crippen LogP contribution >= 0.6 is 0 Å². The molecule has 28 heavy (non-hydrogen) atoms. The molecule has 144 valence electrons. The van der Waals surface area contributed by atoms with Gasteiger partial charge in [-0.15, -0.1) is 0 Å². The molecule has 0 saturated carbocycles. The fraction of sp³-hybridized carbons (Fsp3) is 0.318. The van der Waals surface area contributed by atoms with Crippen molar-refractivity contribution in [1.29, 1.82) is 0 Å². The molecule has 0 aromatic heterocycles. The van der Waals surface area contributed by atoms with Crippen LogP contribution in [-0.2, 0) is 14.3 Å². The molecule has 6 heteroatoms. The third-order valence-electron chi connectivity index (χ3n) is 5.62. The van der Waals surface area contributed by atoms with E-state index in [-0.39, 0.29) is 18.4 Å². The fourth-order valence-electron chi connectivity index (χ4n) is 3.98. The van der Waals surface area contributed by atoms with Crippen LogP contribution in [0.4, 0.5) is 9.59 Å². The number of imide groups is 1. The number of carbonyl (C=O) groups is 3. The summed E-state index contributed by atoms with van der Waals surface area (Å²) in [6, 6.07) is 15.1. The second-order valence-corrected chi connectivity index (χ2v) is 7.19. The second kappa shape index (κ2) is 7.11. The summed E-state index contributed by atoms with van der Waals surface area (Å²) < 4.78 is 10.2. The van der Waals surface area contributed by atoms with Gasteiger partial charge >= 0.3 is 18.2 Å². The number of cyclic esters (lactones) is 2. The van der Waals surface area contributed by atoms with Gasteiger partial charge in [0, 0.05) is 5.92 Å². The minimum Gasteiger partial charge on any atom is -0.448 e. The maximum Gasteiger partial charge on any atom is 0.427 e. The highest BCUT2D eigenvalue weighted by Crippen LogP contribution is 2.44. The van der Waals surface area contributed by atoms with Crippen molar-refractivity contribution < 1.29 is 23.9 Å². The normalized spacial score (nSPS) is 19.2. The lowest BCUT2D eigenvalue weighted by Gasteiger charge is -2.23. The molecule has 0 unspecified atom stereocenters. The molecule has 2 aliphatic rings. The summed E-state index contributed by atoms with van der Waals surface area (Å²) in [7, 11) is 0. The van der Waals surface area contributed by atoms with Gasteiger partial charge in [-0.3, -0.25) is 0 Å². The Bertz CT molecular complexity index is 908. The van der Waals surface area contributed by atoms with E-state index in [0.717, 1.165) is 27.2 Å². The maximum absolute atomic E-state index is 12.7. The van der Waals surface area contributed by atoms with Crippen LogP contribution in [0.1, 0.15) is 37.3 Å². The van der Waals surface area contributed by atoms with E-state index in [1.54, 1.807) is 6.92 Å². The predicted molar refractivity (Wildman–Crippen MR) is 102 cm³/mol. The van der Waals surface area contributed by atoms with Gasteiger partial charge in [0.05, 0.1) is 0 Å². The summed E-state index contributed by atoms with van der Waals surface area (Å²) in [6.07, 6.45) is -1.18. The quantitative estimate of drug-likeness (QED) is 0.584. The van der Waals surface area contributed by atoms with Crippen molar-refractivity contribution in [2.75, 3.05) is 6.61 Å². The molecule has 6 nitrogen and oxygen atoms in total. The lowest BCUT2D eigenvalue weighted by Crippen LogP contribution is -2.44. The Kier molecular flexibility index (Phi) is 4.63. The SMILES string of the molecule is CC[C@H](C)[C@H]1C(=O)OC(=O)N1C(=O)OCC1c2ccccc2-c2ccccc21. The Morgan fingerprint density at radius 2 is 1.64 bits per heavy atom. The number of esters is 1. The van der Waals surface area contributed by atoms with E-state index in [2.05, 4.69) is 4.74 Å². The van der Waals surface area contributed by atoms with Gasteiger partial charge in [0.1, 0.15) is 12.6 Å². The third kappa shape index (κ3) is 2.85. The van der Waals surface area contributed by atoms with E-state index in [1.807, 2.05) is 55.5 Å². The van der Waals surface area contributed by atoms with Gasteiger partial charge in [0.25, 0.3) is 0 Å². The number of hydrogen-bond donors (Lipinski definition) is 0. The van der Waals surface area contributed by atoms with E-state index in [4.69, 9.17) is 4.74 Å². The van der Waals surface area contributed by atoms with Crippen LogP contribution in [0.3, 0.4) is 0 Å². The number of amides is 2. The minimum absolute atomic E-state index is 0.0814. The molecule has 1 heterocycles. The summed E-state index contributed by atoms with van der Waals surface area (Å²) in [6.45, 7) is 3.77. The van der Waals surface area contributed by atoms with Crippen LogP contribution in [0.25, 0.3) is 11.1 Å². The molecule has 2 atom stereocenters. The number of benzene rings is 2. The van der Waals surface area contributed by atoms with Crippen LogP contribution < -0.4 is 0 Å². The molecule has 1 aliphatic carbocycles. The first kappa shape index (κ1) is 18.2. The molecule has 2 aromatic carbocycles. The zero-order valence-corrected chi connectivity index (χ0v) is 15.8. The van der Waals surface area contributed by atoms with Crippen molar-refractivity contribution in [2.45, 2.75) is 32.2 Å². The first-order valence-electron chi connectivity index (χ1n) is 9.42. The van der Waals surface area contributed by atoms with E-state index in [9.17, 15) is 14.4 Å². The number of nitrogens with zero attached hydrogens (tertiary/aromatic N) is 1. The molecular formula is C22H21NO5. The van der Waals surface area contributed by atoms with Gasteiger partial charge in [-0.1, -0.05) is 68.8 Å². The average molecular weight is 379 g/mol. The topological polar surface area (TPSA) is 72.9 Å². The van der Waals surface area contributed by atoms with Crippen molar-refractivity contribution >= 4 is 18.2 Å². The lowest BCUT2D eigenvalue weighted by atomic mass is 9.98. The number of carbonyl (C=O) groups excluding carboxylic acids is 3. The van der Waals surface area contributed by atoms with E-state index >= 15 is 0 Å². The van der Waals surface area contributed by atoms with Gasteiger partial charge in [0.15, 0.2) is 0 Å². The summed E-state index contributed by atoms with van der Waals surface area (Å²) in [5.74, 6) is -1.03. The molecule has 1 saturated heterocycles. The summed E-state index contributed by atoms with van der Waals surface area (Å²) in [4.78, 5) is 37.5. The minimum atomic E-state index is -0.965. The largest absolute Gasteiger partial charge is 0.448 e. The van der Waals surface area contributed by atoms with E-state index < -0.39 is 24.2 Å². The van der Waals surface area contributed by atoms with Gasteiger partial charge in [-0.05, 0) is 28.2 Å². The Labute approximate surface area is 163 Å². The van der Waals surface area contributed by atoms with E-state index in [0.29, 0.717) is 6.42 Å². The van der Waals surface area contributed by atoms with Crippen molar-refractivity contribution in [3.05, 3.63) is 59.7 Å². The van der Waals surface area contributed by atoms with Crippen molar-refractivity contribution in [3.63, 3.8) is 0 Å². The van der Waals surface area contributed by atoms with Gasteiger partial charge in [0.2, 0.25) is 0 Å². The summed E-state index contributed by atoms with van der Waals surface area (Å²) >= 11 is 0. The highest BCUT2D eigenvalue weighted by molar-refractivity contribution is 6.04. The van der Waals surface area contributed by atoms with Crippen LogP contribution in [0, 0.1) is 5.92 Å². The number of ether oxygens (including phenoxy) is 2. The van der Waals surface area contributed by atoms with Gasteiger partial charge < -0.3 is 9.47 Å². The summed E-state index contributed by atoms with van der Waals surface area (Å²) in [5.41, 5.74) is 4.39. The first-order chi connectivity index (χ1) is 13.5. The molecule has 4 rings (SSSR count). The Hall–Kier alpha value is -3.15. The standard InChI is InChI=1S/C22H21NO5/c1-3-13(2)19-20(24)28-22(26)23(19)21(25)27-12-18-16-10-6-4-8-14(16)15-9-5-7-11-17(15)18/h4-11,13,18-19H,3,12H2,1-2H3/t13-,19-/m0/s1. The number of hydrogen-bond acceptors (Lipinski definition) is 5. The second-order valence-electron chi connectivity index (χ2n) is 7.19. The zero-order chi connectivity index (χ0) is 19.8. The molecule has 1 fully saturated rings. The Morgan fingerprint density at radius 1 is 1.07 bits per heavy atom. The van der Waals surface area contributed by atoms with E-state index in [1.165, 1.54) is 0 Å². The fourth-order valence-corrected chi connectivity index (χ4v) is 3.98. The summed E-state index contributed by atoms with van der Waals surface area (Å²) in [5, 5.41) is 0. The number of fused-ring (bicyclic) bond motifs is 3. The van der Waals surface area contributed by atoms with Crippen molar-refractivity contribution in [3.8, 4) is 11.1 Å². The Morgan fingerprint density at radius 3 is 2.21 bits per heavy atom. The molecular weight excluding hydrogens is 358 g/mol. The third-order valence-corrected chi connectivity index (χ3v) is 5.62. The molecule has 2 aromatic rings. The molecule has 0 bridgehead atoms.